The maximum Gasteiger partial charge on any atom is 0.225 e. The molecule has 3 rings (SSSR count). The van der Waals surface area contributed by atoms with E-state index in [9.17, 15) is 13.6 Å². The first-order valence-corrected chi connectivity index (χ1v) is 12.9. The van der Waals surface area contributed by atoms with Crippen LogP contribution in [-0.4, -0.2) is 28.5 Å². The largest absolute Gasteiger partial charge is 0.328 e. The zero-order valence-corrected chi connectivity index (χ0v) is 22.6. The molecule has 0 aliphatic heterocycles. The minimum absolute atomic E-state index is 0.0933. The summed E-state index contributed by atoms with van der Waals surface area (Å²) in [5.41, 5.74) is 1.39. The highest BCUT2D eigenvalue weighted by Crippen LogP contribution is 2.31. The Morgan fingerprint density at radius 3 is 2.49 bits per heavy atom. The van der Waals surface area contributed by atoms with Crippen LogP contribution < -0.4 is 10.6 Å². The van der Waals surface area contributed by atoms with E-state index in [0.29, 0.717) is 37.1 Å². The number of carbonyl (C=O) groups excluding carboxylic acids is 1. The van der Waals surface area contributed by atoms with Crippen molar-refractivity contribution in [3.63, 3.8) is 0 Å². The van der Waals surface area contributed by atoms with Gasteiger partial charge in [0.05, 0.1) is 11.9 Å². The molecule has 1 heterocycles. The van der Waals surface area contributed by atoms with Gasteiger partial charge in [-0.2, -0.15) is 0 Å². The van der Waals surface area contributed by atoms with Gasteiger partial charge in [0, 0.05) is 31.8 Å². The van der Waals surface area contributed by atoms with Gasteiger partial charge in [-0.25, -0.2) is 13.8 Å². The van der Waals surface area contributed by atoms with E-state index in [-0.39, 0.29) is 22.8 Å². The first-order chi connectivity index (χ1) is 16.3. The molecule has 0 saturated carbocycles. The zero-order valence-electron chi connectivity index (χ0n) is 22.6. The van der Waals surface area contributed by atoms with Gasteiger partial charge in [-0.05, 0) is 68.1 Å². The molecule has 0 bridgehead atoms. The molecule has 196 valence electrons. The van der Waals surface area contributed by atoms with E-state index in [1.54, 1.807) is 6.33 Å². The second-order valence-corrected chi connectivity index (χ2v) is 11.6. The lowest BCUT2D eigenvalue weighted by molar-refractivity contribution is -0.116. The molecule has 2 N–H and O–H groups in total. The molecule has 0 radical (unpaired) electrons. The number of hydrogen-bond donors (Lipinski definition) is 2. The van der Waals surface area contributed by atoms with Crippen molar-refractivity contribution in [1.29, 1.82) is 0 Å². The van der Waals surface area contributed by atoms with Gasteiger partial charge < -0.3 is 15.2 Å². The topological polar surface area (TPSA) is 59.0 Å². The summed E-state index contributed by atoms with van der Waals surface area (Å²) in [4.78, 5) is 16.8. The van der Waals surface area contributed by atoms with E-state index < -0.39 is 11.6 Å². The van der Waals surface area contributed by atoms with Crippen LogP contribution in [0, 0.1) is 23.0 Å². The Bertz CT molecular complexity index is 962. The molecule has 0 spiro atoms. The van der Waals surface area contributed by atoms with Crippen molar-refractivity contribution in [2.75, 3.05) is 18.4 Å². The van der Waals surface area contributed by atoms with Gasteiger partial charge in [0.1, 0.15) is 11.6 Å². The third-order valence-corrected chi connectivity index (χ3v) is 6.11. The number of nitrogens with one attached hydrogen (secondary N) is 2. The number of nitrogens with zero attached hydrogens (tertiary/aromatic N) is 2. The van der Waals surface area contributed by atoms with Gasteiger partial charge >= 0.3 is 0 Å². The fourth-order valence-electron chi connectivity index (χ4n) is 4.20. The number of rotatable bonds is 8. The predicted molar refractivity (Wildman–Crippen MR) is 140 cm³/mol. The fraction of sp³-hybridized carbons (Fsp3) is 0.643. The monoisotopic (exact) mass is 490 g/mol. The van der Waals surface area contributed by atoms with Crippen molar-refractivity contribution in [2.24, 2.45) is 11.3 Å². The highest BCUT2D eigenvalue weighted by Gasteiger charge is 2.24. The number of halogens is 2. The van der Waals surface area contributed by atoms with Crippen LogP contribution in [0.5, 0.6) is 0 Å². The van der Waals surface area contributed by atoms with E-state index in [4.69, 9.17) is 0 Å². The molecule has 35 heavy (non-hydrogen) atoms. The van der Waals surface area contributed by atoms with E-state index in [2.05, 4.69) is 64.1 Å². The lowest BCUT2D eigenvalue weighted by Crippen LogP contribution is -2.40. The minimum atomic E-state index is -0.522. The van der Waals surface area contributed by atoms with E-state index in [0.717, 1.165) is 31.1 Å². The number of anilines is 1. The third-order valence-electron chi connectivity index (χ3n) is 6.11. The summed E-state index contributed by atoms with van der Waals surface area (Å²) >= 11 is 0. The highest BCUT2D eigenvalue weighted by atomic mass is 19.1. The van der Waals surface area contributed by atoms with Crippen LogP contribution in [0.25, 0.3) is 0 Å². The lowest BCUT2D eigenvalue weighted by Gasteiger charge is -2.29. The Kier molecular flexibility index (Phi) is 10.4. The van der Waals surface area contributed by atoms with Crippen LogP contribution in [-0.2, 0) is 23.2 Å². The van der Waals surface area contributed by atoms with Crippen LogP contribution in [0.1, 0.15) is 85.3 Å². The molecule has 5 nitrogen and oxygen atoms in total. The number of imidazole rings is 1. The van der Waals surface area contributed by atoms with Crippen molar-refractivity contribution < 1.29 is 13.6 Å². The standard InChI is InChI=1S/C25H36F2N4O.C3H8/c1-24(2,3)14-28-15-25(4,5)31-13-22(29-16-31)30-23(32)9-7-17-6-8-18-11-19(26)12-21(27)20(18)10-17;1-3-2/h11-13,16-17,28H,6-10,14-15H2,1-5H3,(H,30,32);3H2,1-2H3/t17-;/m1./s1. The molecule has 1 aromatic carbocycles. The maximum atomic E-state index is 14.1. The van der Waals surface area contributed by atoms with Crippen LogP contribution in [0.15, 0.2) is 24.7 Å². The average molecular weight is 491 g/mol. The summed E-state index contributed by atoms with van der Waals surface area (Å²) in [6, 6.07) is 2.38. The van der Waals surface area contributed by atoms with Gasteiger partial charge in [0.15, 0.2) is 5.82 Å². The van der Waals surface area contributed by atoms with Gasteiger partial charge in [-0.3, -0.25) is 4.79 Å². The maximum absolute atomic E-state index is 14.1. The number of aromatic nitrogens is 2. The molecule has 7 heteroatoms. The molecule has 0 fully saturated rings. The lowest BCUT2D eigenvalue weighted by atomic mass is 9.81. The molecule has 0 unspecified atom stereocenters. The van der Waals surface area contributed by atoms with E-state index in [1.807, 2.05) is 10.8 Å². The molecule has 1 aromatic heterocycles. The first-order valence-electron chi connectivity index (χ1n) is 12.9. The summed E-state index contributed by atoms with van der Waals surface area (Å²) in [7, 11) is 0. The van der Waals surface area contributed by atoms with Crippen molar-refractivity contribution in [2.45, 2.75) is 92.5 Å². The number of fused-ring (bicyclic) bond motifs is 1. The van der Waals surface area contributed by atoms with Gasteiger partial charge in [-0.15, -0.1) is 0 Å². The summed E-state index contributed by atoms with van der Waals surface area (Å²) in [6.07, 6.45) is 7.93. The molecular formula is C28H44F2N4O. The number of hydrogen-bond acceptors (Lipinski definition) is 3. The molecule has 1 aliphatic rings. The second-order valence-electron chi connectivity index (χ2n) is 11.6. The molecular weight excluding hydrogens is 446 g/mol. The van der Waals surface area contributed by atoms with Crippen molar-refractivity contribution in [3.05, 3.63) is 47.4 Å². The van der Waals surface area contributed by atoms with Gasteiger partial charge in [-0.1, -0.05) is 41.0 Å². The van der Waals surface area contributed by atoms with Crippen LogP contribution >= 0.6 is 0 Å². The number of benzene rings is 1. The van der Waals surface area contributed by atoms with Crippen molar-refractivity contribution in [3.8, 4) is 0 Å². The molecule has 1 atom stereocenters. The summed E-state index contributed by atoms with van der Waals surface area (Å²) in [5.74, 6) is -0.330. The molecule has 1 aliphatic carbocycles. The molecule has 1 amide bonds. The van der Waals surface area contributed by atoms with E-state index >= 15 is 0 Å². The Labute approximate surface area is 210 Å². The zero-order chi connectivity index (χ0) is 26.2. The van der Waals surface area contributed by atoms with Gasteiger partial charge in [0.25, 0.3) is 0 Å². The number of carbonyl (C=O) groups is 1. The van der Waals surface area contributed by atoms with Crippen LogP contribution in [0.2, 0.25) is 0 Å². The summed E-state index contributed by atoms with van der Waals surface area (Å²) < 4.78 is 29.5. The second kappa shape index (κ2) is 12.6. The van der Waals surface area contributed by atoms with Crippen LogP contribution in [0.3, 0.4) is 0 Å². The first kappa shape index (κ1) is 29.0. The number of aryl methyl sites for hydroxylation is 1. The smallest absolute Gasteiger partial charge is 0.225 e. The summed E-state index contributed by atoms with van der Waals surface area (Å²) in [5, 5.41) is 6.38. The SMILES string of the molecule is CC(C)(C)CNCC(C)(C)n1cnc(NC(=O)CC[C@H]2CCc3cc(F)cc(F)c3C2)c1.CCC. The highest BCUT2D eigenvalue weighted by molar-refractivity contribution is 5.89. The Hall–Kier alpha value is -2.28. The van der Waals surface area contributed by atoms with Crippen molar-refractivity contribution >= 4 is 11.7 Å². The normalized spacial score (nSPS) is 15.7. The molecule has 0 saturated heterocycles. The third kappa shape index (κ3) is 9.36. The molecule has 2 aromatic rings. The number of amides is 1. The van der Waals surface area contributed by atoms with E-state index in [1.165, 1.54) is 12.5 Å². The quantitative estimate of drug-likeness (QED) is 0.446. The Balaban J connectivity index is 0.00000137. The Morgan fingerprint density at radius 2 is 1.83 bits per heavy atom. The Morgan fingerprint density at radius 1 is 1.14 bits per heavy atom. The fourth-order valence-corrected chi connectivity index (χ4v) is 4.20. The summed E-state index contributed by atoms with van der Waals surface area (Å²) in [6.45, 7) is 16.8. The van der Waals surface area contributed by atoms with Crippen LogP contribution in [0.4, 0.5) is 14.6 Å². The van der Waals surface area contributed by atoms with Gasteiger partial charge in [0.2, 0.25) is 5.91 Å². The predicted octanol–water partition coefficient (Wildman–Crippen LogP) is 6.47. The average Bonchev–Trinajstić information content (AvgIpc) is 3.21. The minimum Gasteiger partial charge on any atom is -0.328 e. The van der Waals surface area contributed by atoms with Crippen molar-refractivity contribution in [1.82, 2.24) is 14.9 Å².